The van der Waals surface area contributed by atoms with Gasteiger partial charge in [-0.3, -0.25) is 4.99 Å². The number of likely N-dealkylation sites (N-methyl/N-ethyl adjacent to an activating group) is 1. The van der Waals surface area contributed by atoms with Gasteiger partial charge in [-0.2, -0.15) is 0 Å². The van der Waals surface area contributed by atoms with Crippen LogP contribution in [-0.2, 0) is 0 Å². The first-order chi connectivity index (χ1) is 11.5. The SMILES string of the molecule is CN=C(NCC(C)Oc1ccc(F)cc1)NCC(C1CC1)N(C)C. The fraction of sp³-hybridized carbons (Fsp3) is 0.611. The van der Waals surface area contributed by atoms with Crippen molar-refractivity contribution >= 4 is 5.96 Å². The van der Waals surface area contributed by atoms with Crippen molar-refractivity contribution < 1.29 is 9.13 Å². The molecule has 0 saturated heterocycles. The van der Waals surface area contributed by atoms with Crippen LogP contribution in [0, 0.1) is 11.7 Å². The molecule has 0 spiro atoms. The summed E-state index contributed by atoms with van der Waals surface area (Å²) in [6, 6.07) is 6.60. The molecular weight excluding hydrogens is 307 g/mol. The van der Waals surface area contributed by atoms with E-state index in [0.717, 1.165) is 18.4 Å². The number of hydrogen-bond acceptors (Lipinski definition) is 3. The number of aliphatic imine (C=N–C) groups is 1. The Labute approximate surface area is 144 Å². The Hall–Kier alpha value is -1.82. The Kier molecular flexibility index (Phi) is 6.85. The van der Waals surface area contributed by atoms with Crippen LogP contribution in [0.4, 0.5) is 4.39 Å². The summed E-state index contributed by atoms with van der Waals surface area (Å²) in [7, 11) is 6.02. The number of hydrogen-bond donors (Lipinski definition) is 2. The van der Waals surface area contributed by atoms with E-state index in [2.05, 4.69) is 34.6 Å². The van der Waals surface area contributed by atoms with Crippen molar-refractivity contribution in [3.8, 4) is 5.75 Å². The highest BCUT2D eigenvalue weighted by molar-refractivity contribution is 5.79. The number of guanidine groups is 1. The standard InChI is InChI=1S/C18H29FN4O/c1-13(24-16-9-7-15(19)8-10-16)11-21-18(20-2)22-12-17(23(3)4)14-5-6-14/h7-10,13-14,17H,5-6,11-12H2,1-4H3,(H2,20,21,22). The molecule has 1 aromatic rings. The van der Waals surface area contributed by atoms with Gasteiger partial charge in [-0.15, -0.1) is 0 Å². The Bertz CT molecular complexity index is 526. The molecule has 2 unspecified atom stereocenters. The summed E-state index contributed by atoms with van der Waals surface area (Å²) in [6.07, 6.45) is 2.58. The second-order valence-corrected chi connectivity index (χ2v) is 6.58. The maximum Gasteiger partial charge on any atom is 0.191 e. The molecule has 5 nitrogen and oxygen atoms in total. The fourth-order valence-electron chi connectivity index (χ4n) is 2.70. The third kappa shape index (κ3) is 6.00. The maximum absolute atomic E-state index is 12.9. The molecule has 134 valence electrons. The van der Waals surface area contributed by atoms with Gasteiger partial charge in [-0.1, -0.05) is 0 Å². The van der Waals surface area contributed by atoms with E-state index >= 15 is 0 Å². The molecule has 6 heteroatoms. The Morgan fingerprint density at radius 3 is 2.42 bits per heavy atom. The minimum absolute atomic E-state index is 0.0536. The Morgan fingerprint density at radius 1 is 1.25 bits per heavy atom. The summed E-state index contributed by atoms with van der Waals surface area (Å²) in [5.74, 6) is 1.97. The molecule has 0 heterocycles. The zero-order valence-corrected chi connectivity index (χ0v) is 15.1. The van der Waals surface area contributed by atoms with E-state index < -0.39 is 0 Å². The van der Waals surface area contributed by atoms with Gasteiger partial charge in [0.05, 0.1) is 6.54 Å². The van der Waals surface area contributed by atoms with E-state index in [1.807, 2.05) is 6.92 Å². The van der Waals surface area contributed by atoms with E-state index in [4.69, 9.17) is 4.74 Å². The second-order valence-electron chi connectivity index (χ2n) is 6.58. The normalized spacial score (nSPS) is 17.5. The number of benzene rings is 1. The lowest BCUT2D eigenvalue weighted by Crippen LogP contribution is -2.47. The molecule has 1 fully saturated rings. The van der Waals surface area contributed by atoms with Gasteiger partial charge in [0.25, 0.3) is 0 Å². The smallest absolute Gasteiger partial charge is 0.191 e. The van der Waals surface area contributed by atoms with Crippen LogP contribution in [0.3, 0.4) is 0 Å². The largest absolute Gasteiger partial charge is 0.489 e. The molecule has 1 aliphatic carbocycles. The molecule has 0 amide bonds. The lowest BCUT2D eigenvalue weighted by atomic mass is 10.1. The van der Waals surface area contributed by atoms with Crippen LogP contribution < -0.4 is 15.4 Å². The van der Waals surface area contributed by atoms with Gasteiger partial charge >= 0.3 is 0 Å². The summed E-state index contributed by atoms with van der Waals surface area (Å²) in [5.41, 5.74) is 0. The third-order valence-corrected chi connectivity index (χ3v) is 4.24. The zero-order chi connectivity index (χ0) is 17.5. The molecule has 1 aliphatic rings. The number of halogens is 1. The van der Waals surface area contributed by atoms with E-state index in [0.29, 0.717) is 18.3 Å². The van der Waals surface area contributed by atoms with Gasteiger partial charge in [-0.25, -0.2) is 4.39 Å². The van der Waals surface area contributed by atoms with E-state index in [9.17, 15) is 4.39 Å². The summed E-state index contributed by atoms with van der Waals surface area (Å²) in [5, 5.41) is 6.67. The zero-order valence-electron chi connectivity index (χ0n) is 15.1. The fourth-order valence-corrected chi connectivity index (χ4v) is 2.70. The summed E-state index contributed by atoms with van der Waals surface area (Å²) in [4.78, 5) is 6.54. The average molecular weight is 336 g/mol. The van der Waals surface area contributed by atoms with Crippen LogP contribution in [0.2, 0.25) is 0 Å². The summed E-state index contributed by atoms with van der Waals surface area (Å²) >= 11 is 0. The first-order valence-corrected chi connectivity index (χ1v) is 8.52. The van der Waals surface area contributed by atoms with Crippen molar-refractivity contribution in [2.45, 2.75) is 31.9 Å². The lowest BCUT2D eigenvalue weighted by Gasteiger charge is -2.25. The first-order valence-electron chi connectivity index (χ1n) is 8.52. The molecule has 0 radical (unpaired) electrons. The molecule has 1 saturated carbocycles. The van der Waals surface area contributed by atoms with Crippen molar-refractivity contribution in [3.05, 3.63) is 30.1 Å². The minimum Gasteiger partial charge on any atom is -0.489 e. The van der Waals surface area contributed by atoms with Crippen LogP contribution in [0.5, 0.6) is 5.75 Å². The van der Waals surface area contributed by atoms with Gasteiger partial charge < -0.3 is 20.3 Å². The van der Waals surface area contributed by atoms with Gasteiger partial charge in [-0.05, 0) is 64.0 Å². The van der Waals surface area contributed by atoms with Crippen LogP contribution in [0.1, 0.15) is 19.8 Å². The third-order valence-electron chi connectivity index (χ3n) is 4.24. The summed E-state index contributed by atoms with van der Waals surface area (Å²) < 4.78 is 18.7. The summed E-state index contributed by atoms with van der Waals surface area (Å²) in [6.45, 7) is 3.47. The van der Waals surface area contributed by atoms with E-state index in [1.165, 1.54) is 25.0 Å². The second kappa shape index (κ2) is 8.87. The number of ether oxygens (including phenoxy) is 1. The quantitative estimate of drug-likeness (QED) is 0.564. The Morgan fingerprint density at radius 2 is 1.88 bits per heavy atom. The van der Waals surface area contributed by atoms with E-state index in [-0.39, 0.29) is 11.9 Å². The van der Waals surface area contributed by atoms with Crippen LogP contribution in [0.15, 0.2) is 29.3 Å². The van der Waals surface area contributed by atoms with Crippen molar-refractivity contribution in [2.24, 2.45) is 10.9 Å². The molecule has 1 aromatic carbocycles. The molecule has 2 atom stereocenters. The molecule has 2 N–H and O–H groups in total. The first kappa shape index (κ1) is 18.5. The lowest BCUT2D eigenvalue weighted by molar-refractivity contribution is 0.223. The van der Waals surface area contributed by atoms with Crippen molar-refractivity contribution in [3.63, 3.8) is 0 Å². The van der Waals surface area contributed by atoms with Crippen LogP contribution in [-0.4, -0.2) is 57.2 Å². The maximum atomic E-state index is 12.9. The van der Waals surface area contributed by atoms with Crippen LogP contribution >= 0.6 is 0 Å². The highest BCUT2D eigenvalue weighted by atomic mass is 19.1. The highest BCUT2D eigenvalue weighted by Gasteiger charge is 2.32. The van der Waals surface area contributed by atoms with Crippen molar-refractivity contribution in [2.75, 3.05) is 34.2 Å². The molecular formula is C18H29FN4O. The highest BCUT2D eigenvalue weighted by Crippen LogP contribution is 2.34. The molecule has 2 rings (SSSR count). The number of nitrogens with zero attached hydrogens (tertiary/aromatic N) is 2. The topological polar surface area (TPSA) is 48.9 Å². The average Bonchev–Trinajstić information content (AvgIpc) is 3.37. The van der Waals surface area contributed by atoms with Gasteiger partial charge in [0.15, 0.2) is 5.96 Å². The van der Waals surface area contributed by atoms with Gasteiger partial charge in [0, 0.05) is 19.6 Å². The van der Waals surface area contributed by atoms with Gasteiger partial charge in [0.1, 0.15) is 17.7 Å². The minimum atomic E-state index is -0.260. The molecule has 0 aliphatic heterocycles. The molecule has 24 heavy (non-hydrogen) atoms. The number of nitrogens with one attached hydrogen (secondary N) is 2. The van der Waals surface area contributed by atoms with E-state index in [1.54, 1.807) is 19.2 Å². The van der Waals surface area contributed by atoms with Crippen molar-refractivity contribution in [1.29, 1.82) is 0 Å². The predicted molar refractivity (Wildman–Crippen MR) is 96.1 cm³/mol. The van der Waals surface area contributed by atoms with Crippen LogP contribution in [0.25, 0.3) is 0 Å². The monoisotopic (exact) mass is 336 g/mol. The Balaban J connectivity index is 1.73. The molecule has 0 bridgehead atoms. The van der Waals surface area contributed by atoms with Crippen molar-refractivity contribution in [1.82, 2.24) is 15.5 Å². The van der Waals surface area contributed by atoms with Gasteiger partial charge in [0.2, 0.25) is 0 Å². The molecule has 0 aromatic heterocycles. The number of rotatable bonds is 8. The predicted octanol–water partition coefficient (Wildman–Crippen LogP) is 2.10.